The molecule has 1 aliphatic rings. The Morgan fingerprint density at radius 1 is 1.05 bits per heavy atom. The minimum absolute atomic E-state index is 0.154. The average Bonchev–Trinajstić information content (AvgIpc) is 2.47. The van der Waals surface area contributed by atoms with Crippen LogP contribution >= 0.6 is 0 Å². The van der Waals surface area contributed by atoms with Crippen LogP contribution in [0.3, 0.4) is 0 Å². The van der Waals surface area contributed by atoms with Crippen molar-refractivity contribution >= 4 is 0 Å². The summed E-state index contributed by atoms with van der Waals surface area (Å²) in [6.07, 6.45) is 2.24. The van der Waals surface area contributed by atoms with Crippen LogP contribution in [0.4, 0.5) is 4.39 Å². The molecule has 0 amide bonds. The molecule has 1 aliphatic heterocycles. The lowest BCUT2D eigenvalue weighted by Crippen LogP contribution is -2.49. The summed E-state index contributed by atoms with van der Waals surface area (Å²) >= 11 is 0. The highest BCUT2D eigenvalue weighted by molar-refractivity contribution is 5.63. The van der Waals surface area contributed by atoms with Gasteiger partial charge in [0.1, 0.15) is 5.82 Å². The predicted molar refractivity (Wildman–Crippen MR) is 77.6 cm³/mol. The molecule has 3 nitrogen and oxygen atoms in total. The first-order valence-electron chi connectivity index (χ1n) is 6.86. The van der Waals surface area contributed by atoms with Gasteiger partial charge in [0.2, 0.25) is 0 Å². The second-order valence-electron chi connectivity index (χ2n) is 5.14. The maximum absolute atomic E-state index is 12.9. The average molecular weight is 282 g/mol. The zero-order valence-corrected chi connectivity index (χ0v) is 11.5. The Bertz CT molecular complexity index is 640. The quantitative estimate of drug-likeness (QED) is 0.808. The van der Waals surface area contributed by atoms with Crippen LogP contribution in [0.15, 0.2) is 48.5 Å². The van der Waals surface area contributed by atoms with E-state index < -0.39 is 0 Å². The summed E-state index contributed by atoms with van der Waals surface area (Å²) in [5.74, 6) is -0.226. The molecule has 1 saturated heterocycles. The first kappa shape index (κ1) is 13.6. The Kier molecular flexibility index (Phi) is 3.85. The maximum atomic E-state index is 12.9. The highest BCUT2D eigenvalue weighted by Crippen LogP contribution is 2.21. The van der Waals surface area contributed by atoms with Crippen molar-refractivity contribution < 1.29 is 9.13 Å². The SMILES string of the molecule is N#CN1CC(OCc2ccc(-c3ccc(F)cc3)cc2)C1. The molecule has 0 bridgehead atoms. The van der Waals surface area contributed by atoms with Crippen LogP contribution in [0.1, 0.15) is 5.56 Å². The van der Waals surface area contributed by atoms with Crippen molar-refractivity contribution in [2.75, 3.05) is 13.1 Å². The van der Waals surface area contributed by atoms with E-state index in [-0.39, 0.29) is 11.9 Å². The molecule has 2 aromatic carbocycles. The normalized spacial score (nSPS) is 14.6. The molecule has 0 radical (unpaired) electrons. The van der Waals surface area contributed by atoms with Gasteiger partial charge < -0.3 is 9.64 Å². The van der Waals surface area contributed by atoms with Gasteiger partial charge in [-0.25, -0.2) is 4.39 Å². The highest BCUT2D eigenvalue weighted by Gasteiger charge is 2.26. The lowest BCUT2D eigenvalue weighted by atomic mass is 10.0. The number of hydrogen-bond acceptors (Lipinski definition) is 3. The van der Waals surface area contributed by atoms with Gasteiger partial charge in [-0.1, -0.05) is 36.4 Å². The van der Waals surface area contributed by atoms with E-state index in [1.54, 1.807) is 17.0 Å². The number of likely N-dealkylation sites (tertiary alicyclic amines) is 1. The van der Waals surface area contributed by atoms with Crippen LogP contribution in [0, 0.1) is 17.3 Å². The minimum atomic E-state index is -0.226. The van der Waals surface area contributed by atoms with Gasteiger partial charge in [0.15, 0.2) is 6.19 Å². The molecule has 3 rings (SSSR count). The molecule has 106 valence electrons. The molecular weight excluding hydrogens is 267 g/mol. The van der Waals surface area contributed by atoms with Crippen LogP contribution in [-0.2, 0) is 11.3 Å². The number of benzene rings is 2. The smallest absolute Gasteiger partial charge is 0.179 e. The van der Waals surface area contributed by atoms with Gasteiger partial charge in [-0.05, 0) is 28.8 Å². The first-order chi connectivity index (χ1) is 10.2. The fourth-order valence-electron chi connectivity index (χ4n) is 2.28. The Labute approximate surface area is 123 Å². The highest BCUT2D eigenvalue weighted by atomic mass is 19.1. The van der Waals surface area contributed by atoms with Gasteiger partial charge in [-0.15, -0.1) is 0 Å². The van der Waals surface area contributed by atoms with Crippen LogP contribution in [0.5, 0.6) is 0 Å². The van der Waals surface area contributed by atoms with E-state index in [0.29, 0.717) is 19.7 Å². The summed E-state index contributed by atoms with van der Waals surface area (Å²) in [5, 5.41) is 8.64. The van der Waals surface area contributed by atoms with Crippen LogP contribution < -0.4 is 0 Å². The zero-order chi connectivity index (χ0) is 14.7. The molecule has 2 aromatic rings. The zero-order valence-electron chi connectivity index (χ0n) is 11.5. The van der Waals surface area contributed by atoms with E-state index in [4.69, 9.17) is 10.00 Å². The van der Waals surface area contributed by atoms with Crippen LogP contribution in [0.2, 0.25) is 0 Å². The fraction of sp³-hybridized carbons (Fsp3) is 0.235. The summed E-state index contributed by atoms with van der Waals surface area (Å²) in [6.45, 7) is 1.92. The van der Waals surface area contributed by atoms with E-state index >= 15 is 0 Å². The molecule has 0 saturated carbocycles. The maximum Gasteiger partial charge on any atom is 0.179 e. The number of ether oxygens (including phenoxy) is 1. The molecule has 0 aromatic heterocycles. The fourth-order valence-corrected chi connectivity index (χ4v) is 2.28. The van der Waals surface area contributed by atoms with Crippen molar-refractivity contribution in [3.05, 3.63) is 59.9 Å². The monoisotopic (exact) mass is 282 g/mol. The molecule has 21 heavy (non-hydrogen) atoms. The van der Waals surface area contributed by atoms with Crippen molar-refractivity contribution in [2.24, 2.45) is 0 Å². The van der Waals surface area contributed by atoms with E-state index in [0.717, 1.165) is 16.7 Å². The second-order valence-corrected chi connectivity index (χ2v) is 5.14. The molecule has 0 spiro atoms. The Morgan fingerprint density at radius 3 is 2.19 bits per heavy atom. The van der Waals surface area contributed by atoms with E-state index in [2.05, 4.69) is 6.19 Å². The van der Waals surface area contributed by atoms with Gasteiger partial charge in [-0.3, -0.25) is 0 Å². The molecule has 1 fully saturated rings. The third kappa shape index (κ3) is 3.21. The number of rotatable bonds is 4. The standard InChI is InChI=1S/C17H15FN2O/c18-16-7-5-15(6-8-16)14-3-1-13(2-4-14)11-21-17-9-20(10-17)12-19/h1-8,17H,9-11H2. The third-order valence-electron chi connectivity index (χ3n) is 3.61. The van der Waals surface area contributed by atoms with Crippen molar-refractivity contribution in [1.82, 2.24) is 4.90 Å². The molecule has 1 heterocycles. The summed E-state index contributed by atoms with van der Waals surface area (Å²) in [4.78, 5) is 1.67. The molecule has 0 N–H and O–H groups in total. The molecule has 0 unspecified atom stereocenters. The third-order valence-corrected chi connectivity index (χ3v) is 3.61. The molecule has 0 aliphatic carbocycles. The van der Waals surface area contributed by atoms with E-state index in [1.165, 1.54) is 12.1 Å². The van der Waals surface area contributed by atoms with Gasteiger partial charge >= 0.3 is 0 Å². The van der Waals surface area contributed by atoms with Gasteiger partial charge in [0.25, 0.3) is 0 Å². The second kappa shape index (κ2) is 5.94. The van der Waals surface area contributed by atoms with Gasteiger partial charge in [0.05, 0.1) is 25.8 Å². The van der Waals surface area contributed by atoms with E-state index in [1.807, 2.05) is 24.3 Å². The van der Waals surface area contributed by atoms with Crippen molar-refractivity contribution in [3.63, 3.8) is 0 Å². The van der Waals surface area contributed by atoms with Gasteiger partial charge in [0, 0.05) is 0 Å². The van der Waals surface area contributed by atoms with Crippen molar-refractivity contribution in [3.8, 4) is 17.3 Å². The van der Waals surface area contributed by atoms with Crippen LogP contribution in [-0.4, -0.2) is 24.1 Å². The lowest BCUT2D eigenvalue weighted by molar-refractivity contribution is -0.0400. The molecule has 0 atom stereocenters. The number of nitrogens with zero attached hydrogens (tertiary/aromatic N) is 2. The van der Waals surface area contributed by atoms with Crippen molar-refractivity contribution in [2.45, 2.75) is 12.7 Å². The Hall–Kier alpha value is -2.38. The summed E-state index contributed by atoms with van der Waals surface area (Å²) in [5.41, 5.74) is 3.14. The lowest BCUT2D eigenvalue weighted by Gasteiger charge is -2.34. The van der Waals surface area contributed by atoms with Crippen molar-refractivity contribution in [1.29, 1.82) is 5.26 Å². The number of nitriles is 1. The Morgan fingerprint density at radius 2 is 1.62 bits per heavy atom. The summed E-state index contributed by atoms with van der Waals surface area (Å²) < 4.78 is 18.6. The van der Waals surface area contributed by atoms with Crippen LogP contribution in [0.25, 0.3) is 11.1 Å². The summed E-state index contributed by atoms with van der Waals surface area (Å²) in [7, 11) is 0. The van der Waals surface area contributed by atoms with E-state index in [9.17, 15) is 4.39 Å². The topological polar surface area (TPSA) is 36.3 Å². The Balaban J connectivity index is 1.57. The molecule has 4 heteroatoms. The summed E-state index contributed by atoms with van der Waals surface area (Å²) in [6, 6.07) is 14.5. The minimum Gasteiger partial charge on any atom is -0.370 e. The predicted octanol–water partition coefficient (Wildman–Crippen LogP) is 3.17. The number of halogens is 1. The first-order valence-corrected chi connectivity index (χ1v) is 6.86. The van der Waals surface area contributed by atoms with Gasteiger partial charge in [-0.2, -0.15) is 5.26 Å². The molecular formula is C17H15FN2O. The number of hydrogen-bond donors (Lipinski definition) is 0. The largest absolute Gasteiger partial charge is 0.370 e.